The van der Waals surface area contributed by atoms with Gasteiger partial charge in [-0.25, -0.2) is 0 Å². The van der Waals surface area contributed by atoms with Crippen LogP contribution in [0.25, 0.3) is 0 Å². The molecule has 33 heavy (non-hydrogen) atoms. The molecule has 0 aliphatic rings. The highest BCUT2D eigenvalue weighted by Gasteiger charge is 1.99. The lowest BCUT2D eigenvalue weighted by molar-refractivity contribution is 1.19. The zero-order valence-electron chi connectivity index (χ0n) is 18.8. The quantitative estimate of drug-likeness (QED) is 0.193. The molecule has 0 aliphatic carbocycles. The maximum absolute atomic E-state index is 4.60. The van der Waals surface area contributed by atoms with Crippen LogP contribution in [-0.4, -0.2) is 24.9 Å². The Kier molecular flexibility index (Phi) is 8.18. The predicted octanol–water partition coefficient (Wildman–Crippen LogP) is 8.22. The van der Waals surface area contributed by atoms with Crippen LogP contribution in [0.1, 0.15) is 22.3 Å². The molecule has 0 radical (unpaired) electrons. The van der Waals surface area contributed by atoms with Crippen molar-refractivity contribution in [2.24, 2.45) is 9.98 Å². The molecule has 0 saturated heterocycles. The molecule has 0 amide bonds. The Hall–Kier alpha value is -3.08. The molecule has 4 rings (SSSR count). The zero-order valence-corrected chi connectivity index (χ0v) is 20.4. The van der Waals surface area contributed by atoms with E-state index in [0.29, 0.717) is 0 Å². The van der Waals surface area contributed by atoms with Gasteiger partial charge in [-0.2, -0.15) is 0 Å². The van der Waals surface area contributed by atoms with E-state index in [2.05, 4.69) is 120 Å². The average molecular weight is 467 g/mol. The molecule has 0 spiro atoms. The van der Waals surface area contributed by atoms with E-state index >= 15 is 0 Å². The van der Waals surface area contributed by atoms with Gasteiger partial charge in [0.2, 0.25) is 0 Å². The first kappa shape index (κ1) is 23.1. The molecule has 0 aliphatic heterocycles. The van der Waals surface area contributed by atoms with Gasteiger partial charge in [0.25, 0.3) is 0 Å². The molecule has 0 aromatic heterocycles. The minimum atomic E-state index is 0.889. The molecule has 0 fully saturated rings. The normalized spacial score (nSPS) is 11.5. The lowest BCUT2D eigenvalue weighted by Crippen LogP contribution is -1.87. The molecule has 0 bridgehead atoms. The van der Waals surface area contributed by atoms with E-state index in [1.54, 1.807) is 23.5 Å². The molecular formula is C29H26N2S2. The largest absolute Gasteiger partial charge is 0.256 e. The van der Waals surface area contributed by atoms with E-state index in [4.69, 9.17) is 0 Å². The van der Waals surface area contributed by atoms with Crippen molar-refractivity contribution in [3.05, 3.63) is 119 Å². The molecular weight excluding hydrogens is 440 g/mol. The Morgan fingerprint density at radius 1 is 0.515 bits per heavy atom. The van der Waals surface area contributed by atoms with Crippen LogP contribution < -0.4 is 0 Å². The fourth-order valence-corrected chi connectivity index (χ4v) is 4.13. The third kappa shape index (κ3) is 6.95. The Labute approximate surface area is 204 Å². The molecule has 2 nitrogen and oxygen atoms in total. The number of aliphatic imine (C=N–C) groups is 2. The number of rotatable bonds is 8. The van der Waals surface area contributed by atoms with Crippen molar-refractivity contribution in [2.45, 2.75) is 16.2 Å². The monoisotopic (exact) mass is 466 g/mol. The number of thioether (sulfide) groups is 2. The second-order valence-electron chi connectivity index (χ2n) is 7.57. The van der Waals surface area contributed by atoms with Crippen LogP contribution in [0, 0.1) is 0 Å². The summed E-state index contributed by atoms with van der Waals surface area (Å²) in [5.74, 6) is 0. The molecule has 0 N–H and O–H groups in total. The molecule has 0 saturated carbocycles. The molecule has 0 heterocycles. The van der Waals surface area contributed by atoms with E-state index < -0.39 is 0 Å². The topological polar surface area (TPSA) is 24.7 Å². The summed E-state index contributed by atoms with van der Waals surface area (Å²) in [6, 6.07) is 33.7. The van der Waals surface area contributed by atoms with Crippen molar-refractivity contribution >= 4 is 47.3 Å². The number of hydrogen-bond acceptors (Lipinski definition) is 4. The van der Waals surface area contributed by atoms with Gasteiger partial charge in [-0.3, -0.25) is 9.98 Å². The number of benzene rings is 4. The van der Waals surface area contributed by atoms with Crippen molar-refractivity contribution in [2.75, 3.05) is 12.5 Å². The van der Waals surface area contributed by atoms with E-state index in [1.807, 2.05) is 12.4 Å². The fourth-order valence-electron chi connectivity index (χ4n) is 3.31. The van der Waals surface area contributed by atoms with Gasteiger partial charge in [0.1, 0.15) is 0 Å². The van der Waals surface area contributed by atoms with Gasteiger partial charge in [0.05, 0.1) is 11.4 Å². The maximum atomic E-state index is 4.60. The van der Waals surface area contributed by atoms with Crippen LogP contribution in [-0.2, 0) is 6.42 Å². The van der Waals surface area contributed by atoms with Crippen LogP contribution in [0.15, 0.2) is 117 Å². The second kappa shape index (κ2) is 11.7. The van der Waals surface area contributed by atoms with Crippen molar-refractivity contribution in [3.8, 4) is 0 Å². The van der Waals surface area contributed by atoms with E-state index in [-0.39, 0.29) is 0 Å². The van der Waals surface area contributed by atoms with Crippen LogP contribution in [0.5, 0.6) is 0 Å². The third-order valence-corrected chi connectivity index (χ3v) is 6.73. The summed E-state index contributed by atoms with van der Waals surface area (Å²) in [6.07, 6.45) is 8.88. The highest BCUT2D eigenvalue weighted by atomic mass is 32.2. The molecule has 4 aromatic rings. The Morgan fingerprint density at radius 2 is 0.879 bits per heavy atom. The maximum Gasteiger partial charge on any atom is 0.0630 e. The standard InChI is InChI=1S/C29H26N2S2/c1-32-28-15-7-24(8-16-28)20-30-26-11-3-22(4-12-26)19-23-5-13-27(14-6-23)31-21-25-9-17-29(33-2)18-10-25/h3-18,20-21H,19H2,1-2H3. The minimum Gasteiger partial charge on any atom is -0.256 e. The van der Waals surface area contributed by atoms with E-state index in [0.717, 1.165) is 28.9 Å². The van der Waals surface area contributed by atoms with Gasteiger partial charge in [-0.1, -0.05) is 48.5 Å². The third-order valence-electron chi connectivity index (χ3n) is 5.24. The van der Waals surface area contributed by atoms with E-state index in [9.17, 15) is 0 Å². The minimum absolute atomic E-state index is 0.889. The van der Waals surface area contributed by atoms with Crippen molar-refractivity contribution in [1.82, 2.24) is 0 Å². The van der Waals surface area contributed by atoms with Gasteiger partial charge < -0.3 is 0 Å². The lowest BCUT2D eigenvalue weighted by Gasteiger charge is -2.04. The highest BCUT2D eigenvalue weighted by molar-refractivity contribution is 7.98. The van der Waals surface area contributed by atoms with Crippen molar-refractivity contribution in [3.63, 3.8) is 0 Å². The highest BCUT2D eigenvalue weighted by Crippen LogP contribution is 2.20. The van der Waals surface area contributed by atoms with Gasteiger partial charge >= 0.3 is 0 Å². The van der Waals surface area contributed by atoms with Crippen molar-refractivity contribution < 1.29 is 0 Å². The fraction of sp³-hybridized carbons (Fsp3) is 0.103. The molecule has 164 valence electrons. The van der Waals surface area contributed by atoms with E-state index in [1.165, 1.54) is 20.9 Å². The Balaban J connectivity index is 1.33. The first-order chi connectivity index (χ1) is 16.2. The Bertz CT molecular complexity index is 1110. The van der Waals surface area contributed by atoms with Gasteiger partial charge in [0.15, 0.2) is 0 Å². The second-order valence-corrected chi connectivity index (χ2v) is 9.33. The van der Waals surface area contributed by atoms with Gasteiger partial charge in [-0.15, -0.1) is 23.5 Å². The first-order valence-corrected chi connectivity index (χ1v) is 13.2. The van der Waals surface area contributed by atoms with Crippen LogP contribution in [0.2, 0.25) is 0 Å². The molecule has 0 atom stereocenters. The summed E-state index contributed by atoms with van der Waals surface area (Å²) in [6.45, 7) is 0. The Morgan fingerprint density at radius 3 is 1.21 bits per heavy atom. The van der Waals surface area contributed by atoms with Gasteiger partial charge in [-0.05, 0) is 89.7 Å². The van der Waals surface area contributed by atoms with Crippen LogP contribution in [0.3, 0.4) is 0 Å². The van der Waals surface area contributed by atoms with Crippen molar-refractivity contribution in [1.29, 1.82) is 0 Å². The lowest BCUT2D eigenvalue weighted by atomic mass is 10.0. The van der Waals surface area contributed by atoms with Gasteiger partial charge in [0, 0.05) is 22.2 Å². The number of nitrogens with zero attached hydrogens (tertiary/aromatic N) is 2. The van der Waals surface area contributed by atoms with Crippen LogP contribution in [0.4, 0.5) is 11.4 Å². The summed E-state index contributed by atoms with van der Waals surface area (Å²) in [5.41, 5.74) is 6.67. The molecule has 0 unspecified atom stereocenters. The zero-order chi connectivity index (χ0) is 22.9. The summed E-state index contributed by atoms with van der Waals surface area (Å²) in [7, 11) is 0. The summed E-state index contributed by atoms with van der Waals surface area (Å²) in [5, 5.41) is 0. The molecule has 4 heteroatoms. The smallest absolute Gasteiger partial charge is 0.0630 e. The SMILES string of the molecule is CSc1ccc(C=Nc2ccc(Cc3ccc(N=Cc4ccc(SC)cc4)cc3)cc2)cc1. The summed E-state index contributed by atoms with van der Waals surface area (Å²) < 4.78 is 0. The predicted molar refractivity (Wildman–Crippen MR) is 147 cm³/mol. The average Bonchev–Trinajstić information content (AvgIpc) is 2.88. The van der Waals surface area contributed by atoms with Crippen LogP contribution >= 0.6 is 23.5 Å². The summed E-state index contributed by atoms with van der Waals surface area (Å²) >= 11 is 3.49. The first-order valence-electron chi connectivity index (χ1n) is 10.8. The molecule has 4 aromatic carbocycles. The summed E-state index contributed by atoms with van der Waals surface area (Å²) in [4.78, 5) is 11.7. The number of hydrogen-bond donors (Lipinski definition) is 0.